The van der Waals surface area contributed by atoms with Gasteiger partial charge in [-0.05, 0) is 26.0 Å². The highest BCUT2D eigenvalue weighted by Crippen LogP contribution is 2.22. The number of rotatable bonds is 3. The lowest BCUT2D eigenvalue weighted by Gasteiger charge is -2.39. The maximum absolute atomic E-state index is 12.1. The summed E-state index contributed by atoms with van der Waals surface area (Å²) in [4.78, 5) is 14.2. The molecule has 2 heterocycles. The highest BCUT2D eigenvalue weighted by Gasteiger charge is 2.39. The second-order valence-corrected chi connectivity index (χ2v) is 4.80. The SMILES string of the molecule is CN1CCC(NC(=O)c2ccn[nH]2)(C(N)=NO)CC1. The Morgan fingerprint density at radius 3 is 2.84 bits per heavy atom. The first-order chi connectivity index (χ1) is 9.07. The molecule has 5 N–H and O–H groups in total. The van der Waals surface area contributed by atoms with Gasteiger partial charge in [-0.15, -0.1) is 0 Å². The van der Waals surface area contributed by atoms with E-state index >= 15 is 0 Å². The van der Waals surface area contributed by atoms with E-state index in [1.807, 2.05) is 7.05 Å². The fourth-order valence-electron chi connectivity index (χ4n) is 2.21. The number of carbonyl (C=O) groups is 1. The molecular weight excluding hydrogens is 248 g/mol. The van der Waals surface area contributed by atoms with Crippen LogP contribution in [0.5, 0.6) is 0 Å². The summed E-state index contributed by atoms with van der Waals surface area (Å²) in [5.41, 5.74) is 5.32. The van der Waals surface area contributed by atoms with Gasteiger partial charge in [0, 0.05) is 19.3 Å². The fraction of sp³-hybridized carbons (Fsp3) is 0.545. The molecule has 0 spiro atoms. The van der Waals surface area contributed by atoms with E-state index in [0.717, 1.165) is 13.1 Å². The number of amides is 1. The normalized spacial score (nSPS) is 20.2. The van der Waals surface area contributed by atoms with Crippen molar-refractivity contribution in [1.82, 2.24) is 20.4 Å². The number of nitrogens with two attached hydrogens (primary N) is 1. The van der Waals surface area contributed by atoms with Crippen molar-refractivity contribution in [2.45, 2.75) is 18.4 Å². The third-order valence-corrected chi connectivity index (χ3v) is 3.54. The number of hydrogen-bond acceptors (Lipinski definition) is 5. The summed E-state index contributed by atoms with van der Waals surface area (Å²) in [6, 6.07) is 1.57. The van der Waals surface area contributed by atoms with E-state index < -0.39 is 5.54 Å². The Labute approximate surface area is 110 Å². The van der Waals surface area contributed by atoms with Gasteiger partial charge in [0.2, 0.25) is 0 Å². The van der Waals surface area contributed by atoms with Crippen molar-refractivity contribution in [3.05, 3.63) is 18.0 Å². The second kappa shape index (κ2) is 5.27. The number of carbonyl (C=O) groups excluding carboxylic acids is 1. The van der Waals surface area contributed by atoms with Crippen LogP contribution in [0.2, 0.25) is 0 Å². The number of nitrogens with one attached hydrogen (secondary N) is 2. The first-order valence-electron chi connectivity index (χ1n) is 6.06. The molecule has 0 aliphatic carbocycles. The summed E-state index contributed by atoms with van der Waals surface area (Å²) in [6.07, 6.45) is 2.69. The molecule has 1 aromatic heterocycles. The van der Waals surface area contributed by atoms with Crippen molar-refractivity contribution in [1.29, 1.82) is 0 Å². The lowest BCUT2D eigenvalue weighted by molar-refractivity contribution is 0.0881. The maximum Gasteiger partial charge on any atom is 0.270 e. The number of hydrogen-bond donors (Lipinski definition) is 4. The van der Waals surface area contributed by atoms with E-state index in [-0.39, 0.29) is 11.7 Å². The number of H-pyrrole nitrogens is 1. The summed E-state index contributed by atoms with van der Waals surface area (Å²) in [6.45, 7) is 1.53. The van der Waals surface area contributed by atoms with Crippen molar-refractivity contribution < 1.29 is 10.0 Å². The zero-order valence-corrected chi connectivity index (χ0v) is 10.8. The van der Waals surface area contributed by atoms with Gasteiger partial charge in [0.15, 0.2) is 5.84 Å². The topological polar surface area (TPSA) is 120 Å². The molecule has 0 unspecified atom stereocenters. The van der Waals surface area contributed by atoms with Gasteiger partial charge in [-0.2, -0.15) is 5.10 Å². The van der Waals surface area contributed by atoms with E-state index in [1.54, 1.807) is 6.07 Å². The van der Waals surface area contributed by atoms with Gasteiger partial charge < -0.3 is 21.2 Å². The van der Waals surface area contributed by atoms with Gasteiger partial charge in [0.05, 0.1) is 0 Å². The van der Waals surface area contributed by atoms with Gasteiger partial charge in [-0.25, -0.2) is 0 Å². The number of oxime groups is 1. The summed E-state index contributed by atoms with van der Waals surface area (Å²) in [5.74, 6) is -0.276. The number of aromatic nitrogens is 2. The molecule has 104 valence electrons. The lowest BCUT2D eigenvalue weighted by atomic mass is 9.86. The Morgan fingerprint density at radius 1 is 1.63 bits per heavy atom. The molecule has 0 bridgehead atoms. The van der Waals surface area contributed by atoms with Gasteiger partial charge in [-0.1, -0.05) is 5.16 Å². The average Bonchev–Trinajstić information content (AvgIpc) is 2.95. The van der Waals surface area contributed by atoms with Crippen LogP contribution in [0.4, 0.5) is 0 Å². The average molecular weight is 266 g/mol. The van der Waals surface area contributed by atoms with Crippen LogP contribution in [0.25, 0.3) is 0 Å². The highest BCUT2D eigenvalue weighted by atomic mass is 16.4. The number of piperidine rings is 1. The molecule has 1 amide bonds. The minimum Gasteiger partial charge on any atom is -0.409 e. The number of likely N-dealkylation sites (tertiary alicyclic amines) is 1. The molecule has 8 nitrogen and oxygen atoms in total. The van der Waals surface area contributed by atoms with E-state index in [0.29, 0.717) is 18.5 Å². The van der Waals surface area contributed by atoms with E-state index in [4.69, 9.17) is 10.9 Å². The van der Waals surface area contributed by atoms with Gasteiger partial charge in [0.1, 0.15) is 11.2 Å². The Morgan fingerprint density at radius 2 is 2.32 bits per heavy atom. The van der Waals surface area contributed by atoms with Crippen LogP contribution in [-0.4, -0.2) is 57.7 Å². The van der Waals surface area contributed by atoms with Gasteiger partial charge >= 0.3 is 0 Å². The van der Waals surface area contributed by atoms with Crippen molar-refractivity contribution in [2.75, 3.05) is 20.1 Å². The summed E-state index contributed by atoms with van der Waals surface area (Å²) in [5, 5.41) is 21.2. The zero-order chi connectivity index (χ0) is 13.9. The molecular formula is C11H18N6O2. The Kier molecular flexibility index (Phi) is 3.70. The molecule has 1 aliphatic heterocycles. The van der Waals surface area contributed by atoms with Gasteiger partial charge in [0.25, 0.3) is 5.91 Å². The molecule has 0 saturated carbocycles. The minimum absolute atomic E-state index is 0.0356. The quantitative estimate of drug-likeness (QED) is 0.251. The third kappa shape index (κ3) is 2.68. The highest BCUT2D eigenvalue weighted by molar-refractivity contribution is 5.99. The van der Waals surface area contributed by atoms with Crippen molar-refractivity contribution in [3.63, 3.8) is 0 Å². The fourth-order valence-corrected chi connectivity index (χ4v) is 2.21. The van der Waals surface area contributed by atoms with Crippen LogP contribution in [-0.2, 0) is 0 Å². The monoisotopic (exact) mass is 266 g/mol. The van der Waals surface area contributed by atoms with E-state index in [9.17, 15) is 4.79 Å². The molecule has 0 radical (unpaired) electrons. The number of amidine groups is 1. The number of nitrogens with zero attached hydrogens (tertiary/aromatic N) is 3. The standard InChI is InChI=1S/C11H18N6O2/c1-17-6-3-11(4-7-17,10(12)16-19)14-9(18)8-2-5-13-15-8/h2,5,19H,3-4,6-7H2,1H3,(H2,12,16)(H,13,15)(H,14,18). The molecule has 1 aromatic rings. The molecule has 0 atom stereocenters. The van der Waals surface area contributed by atoms with Crippen molar-refractivity contribution in [2.24, 2.45) is 10.9 Å². The molecule has 2 rings (SSSR count). The van der Waals surface area contributed by atoms with Crippen molar-refractivity contribution in [3.8, 4) is 0 Å². The van der Waals surface area contributed by atoms with E-state index in [2.05, 4.69) is 25.6 Å². The predicted molar refractivity (Wildman–Crippen MR) is 68.9 cm³/mol. The molecule has 19 heavy (non-hydrogen) atoms. The molecule has 0 aromatic carbocycles. The van der Waals surface area contributed by atoms with Crippen LogP contribution in [0.3, 0.4) is 0 Å². The summed E-state index contributed by atoms with van der Waals surface area (Å²) < 4.78 is 0. The molecule has 8 heteroatoms. The first-order valence-corrected chi connectivity index (χ1v) is 6.06. The van der Waals surface area contributed by atoms with Crippen molar-refractivity contribution >= 4 is 11.7 Å². The van der Waals surface area contributed by atoms with Gasteiger partial charge in [-0.3, -0.25) is 9.89 Å². The first kappa shape index (κ1) is 13.3. The lowest BCUT2D eigenvalue weighted by Crippen LogP contribution is -2.62. The Bertz CT molecular complexity index is 462. The maximum atomic E-state index is 12.1. The second-order valence-electron chi connectivity index (χ2n) is 4.80. The van der Waals surface area contributed by atoms with Crippen LogP contribution < -0.4 is 11.1 Å². The predicted octanol–water partition coefficient (Wildman–Crippen LogP) is -0.650. The Balaban J connectivity index is 2.17. The molecule has 1 saturated heterocycles. The van der Waals surface area contributed by atoms with Crippen LogP contribution in [0.1, 0.15) is 23.3 Å². The van der Waals surface area contributed by atoms with Crippen LogP contribution in [0, 0.1) is 0 Å². The molecule has 1 aliphatic rings. The van der Waals surface area contributed by atoms with Crippen LogP contribution >= 0.6 is 0 Å². The summed E-state index contributed by atoms with van der Waals surface area (Å²) >= 11 is 0. The largest absolute Gasteiger partial charge is 0.409 e. The minimum atomic E-state index is -0.802. The van der Waals surface area contributed by atoms with E-state index in [1.165, 1.54) is 6.20 Å². The smallest absolute Gasteiger partial charge is 0.270 e. The molecule has 1 fully saturated rings. The zero-order valence-electron chi connectivity index (χ0n) is 10.8. The Hall–Kier alpha value is -2.09. The third-order valence-electron chi connectivity index (χ3n) is 3.54. The van der Waals surface area contributed by atoms with Crippen LogP contribution in [0.15, 0.2) is 17.4 Å². The number of aromatic amines is 1. The summed E-state index contributed by atoms with van der Waals surface area (Å²) in [7, 11) is 1.99.